The van der Waals surface area contributed by atoms with Crippen LogP contribution in [0.4, 0.5) is 0 Å². The minimum atomic E-state index is 0.374. The second-order valence-corrected chi connectivity index (χ2v) is 3.29. The van der Waals surface area contributed by atoms with Crippen LogP contribution >= 0.6 is 0 Å². The molecule has 0 saturated heterocycles. The van der Waals surface area contributed by atoms with E-state index < -0.39 is 0 Å². The van der Waals surface area contributed by atoms with E-state index in [1.807, 2.05) is 7.05 Å². The number of hydrogen-bond donors (Lipinski definition) is 1. The van der Waals surface area contributed by atoms with Crippen molar-refractivity contribution in [2.75, 3.05) is 7.05 Å². The summed E-state index contributed by atoms with van der Waals surface area (Å²) >= 11 is 0. The number of nitrogens with zero attached hydrogens (tertiary/aromatic N) is 1. The molecule has 58 valence electrons. The number of nitrogens with one attached hydrogen (secondary N) is 1. The van der Waals surface area contributed by atoms with Gasteiger partial charge in [0.25, 0.3) is 0 Å². The van der Waals surface area contributed by atoms with Gasteiger partial charge in [0.1, 0.15) is 0 Å². The third kappa shape index (κ3) is 2.24. The number of rotatable bonds is 2. The molecule has 1 saturated carbocycles. The Labute approximate surface area is 71.6 Å². The summed E-state index contributed by atoms with van der Waals surface area (Å²) < 4.78 is 0. The Morgan fingerprint density at radius 2 is 2.00 bits per heavy atom. The Balaban J connectivity index is 2.44. The molecular formula is C7H14B2N2. The second-order valence-electron chi connectivity index (χ2n) is 3.29. The standard InChI is InChI=1S/C7H14B2N2/c1-11(9)7-5-3-2-4-6(7)10-8/h6-7,10H,2-5H2,1H3. The van der Waals surface area contributed by atoms with Crippen LogP contribution in [-0.2, 0) is 0 Å². The molecule has 1 fully saturated rings. The summed E-state index contributed by atoms with van der Waals surface area (Å²) in [5.41, 5.74) is 0. The molecule has 2 nitrogen and oxygen atoms in total. The summed E-state index contributed by atoms with van der Waals surface area (Å²) in [6.45, 7) is 0. The zero-order chi connectivity index (χ0) is 8.27. The van der Waals surface area contributed by atoms with Crippen molar-refractivity contribution >= 4 is 16.0 Å². The van der Waals surface area contributed by atoms with Gasteiger partial charge in [-0.3, -0.25) is 0 Å². The minimum absolute atomic E-state index is 0.374. The smallest absolute Gasteiger partial charge is 0.182 e. The van der Waals surface area contributed by atoms with E-state index in [9.17, 15) is 0 Å². The van der Waals surface area contributed by atoms with Gasteiger partial charge in [0, 0.05) is 12.1 Å². The van der Waals surface area contributed by atoms with Crippen LogP contribution in [-0.4, -0.2) is 39.9 Å². The van der Waals surface area contributed by atoms with E-state index in [-0.39, 0.29) is 0 Å². The lowest BCUT2D eigenvalue weighted by Gasteiger charge is -2.36. The predicted molar refractivity (Wildman–Crippen MR) is 48.5 cm³/mol. The van der Waals surface area contributed by atoms with Gasteiger partial charge < -0.3 is 10.0 Å². The zero-order valence-electron chi connectivity index (χ0n) is 7.09. The van der Waals surface area contributed by atoms with E-state index in [1.165, 1.54) is 12.8 Å². The summed E-state index contributed by atoms with van der Waals surface area (Å²) in [6, 6.07) is 0.785. The van der Waals surface area contributed by atoms with Gasteiger partial charge in [-0.15, -0.1) is 0 Å². The SMILES string of the molecule is [B]NC1CCCCC1N([B])C. The summed E-state index contributed by atoms with van der Waals surface area (Å²) in [5, 5.41) is 2.81. The average molecular weight is 148 g/mol. The van der Waals surface area contributed by atoms with Crippen molar-refractivity contribution in [3.8, 4) is 0 Å². The monoisotopic (exact) mass is 148 g/mol. The number of likely N-dealkylation sites (N-methyl/N-ethyl adjacent to an activating group) is 1. The fourth-order valence-corrected chi connectivity index (χ4v) is 1.79. The topological polar surface area (TPSA) is 15.3 Å². The molecule has 0 aromatic heterocycles. The molecule has 0 aliphatic heterocycles. The quantitative estimate of drug-likeness (QED) is 0.553. The molecule has 1 aliphatic carbocycles. The van der Waals surface area contributed by atoms with E-state index in [4.69, 9.17) is 16.0 Å². The average Bonchev–Trinajstić information content (AvgIpc) is 2.04. The Morgan fingerprint density at radius 3 is 2.45 bits per heavy atom. The highest BCUT2D eigenvalue weighted by molar-refractivity contribution is 6.05. The van der Waals surface area contributed by atoms with E-state index >= 15 is 0 Å². The van der Waals surface area contributed by atoms with Crippen LogP contribution in [0.15, 0.2) is 0 Å². The van der Waals surface area contributed by atoms with Crippen molar-refractivity contribution in [3.63, 3.8) is 0 Å². The van der Waals surface area contributed by atoms with E-state index in [2.05, 4.69) is 5.23 Å². The van der Waals surface area contributed by atoms with Crippen LogP contribution in [0.1, 0.15) is 25.7 Å². The van der Waals surface area contributed by atoms with Gasteiger partial charge in [-0.2, -0.15) is 0 Å². The molecule has 0 bridgehead atoms. The van der Waals surface area contributed by atoms with E-state index in [0.717, 1.165) is 12.8 Å². The highest BCUT2D eigenvalue weighted by atomic mass is 15.1. The molecule has 0 aromatic carbocycles. The van der Waals surface area contributed by atoms with Crippen molar-refractivity contribution in [3.05, 3.63) is 0 Å². The molecule has 2 atom stereocenters. The van der Waals surface area contributed by atoms with E-state index in [1.54, 1.807) is 4.81 Å². The zero-order valence-corrected chi connectivity index (χ0v) is 7.09. The molecule has 4 radical (unpaired) electrons. The van der Waals surface area contributed by atoms with Crippen LogP contribution < -0.4 is 5.23 Å². The first-order chi connectivity index (χ1) is 5.25. The summed E-state index contributed by atoms with van der Waals surface area (Å²) in [4.78, 5) is 1.77. The Morgan fingerprint density at radius 1 is 1.36 bits per heavy atom. The summed E-state index contributed by atoms with van der Waals surface area (Å²) in [5.74, 6) is 0. The highest BCUT2D eigenvalue weighted by Gasteiger charge is 2.23. The van der Waals surface area contributed by atoms with Crippen molar-refractivity contribution in [1.82, 2.24) is 10.0 Å². The van der Waals surface area contributed by atoms with Crippen LogP contribution in [0.25, 0.3) is 0 Å². The predicted octanol–water partition coefficient (Wildman–Crippen LogP) is -0.0140. The first-order valence-electron chi connectivity index (χ1n) is 4.19. The molecular weight excluding hydrogens is 134 g/mol. The molecule has 1 rings (SSSR count). The maximum absolute atomic E-state index is 5.67. The molecule has 2 unspecified atom stereocenters. The largest absolute Gasteiger partial charge is 0.362 e. The lowest BCUT2D eigenvalue weighted by Crippen LogP contribution is -2.48. The van der Waals surface area contributed by atoms with Gasteiger partial charge in [-0.05, 0) is 19.9 Å². The van der Waals surface area contributed by atoms with Crippen molar-refractivity contribution in [1.29, 1.82) is 0 Å². The van der Waals surface area contributed by atoms with Gasteiger partial charge in [0.15, 0.2) is 16.0 Å². The molecule has 0 spiro atoms. The molecule has 1 N–H and O–H groups in total. The fourth-order valence-electron chi connectivity index (χ4n) is 1.79. The van der Waals surface area contributed by atoms with Crippen LogP contribution in [0.5, 0.6) is 0 Å². The van der Waals surface area contributed by atoms with Gasteiger partial charge in [-0.1, -0.05) is 12.8 Å². The minimum Gasteiger partial charge on any atom is -0.362 e. The third-order valence-electron chi connectivity index (χ3n) is 2.47. The lowest BCUT2D eigenvalue weighted by molar-refractivity contribution is 0.248. The third-order valence-corrected chi connectivity index (χ3v) is 2.47. The first kappa shape index (κ1) is 9.14. The lowest BCUT2D eigenvalue weighted by atomic mass is 9.87. The maximum Gasteiger partial charge on any atom is 0.182 e. The molecule has 0 heterocycles. The fraction of sp³-hybridized carbons (Fsp3) is 1.00. The first-order valence-corrected chi connectivity index (χ1v) is 4.19. The molecule has 0 aromatic rings. The van der Waals surface area contributed by atoms with Crippen molar-refractivity contribution in [2.24, 2.45) is 0 Å². The maximum atomic E-state index is 5.67. The molecule has 11 heavy (non-hydrogen) atoms. The Hall–Kier alpha value is 0.0499. The van der Waals surface area contributed by atoms with Gasteiger partial charge >= 0.3 is 0 Å². The van der Waals surface area contributed by atoms with Crippen molar-refractivity contribution in [2.45, 2.75) is 37.8 Å². The number of hydrogen-bond acceptors (Lipinski definition) is 2. The van der Waals surface area contributed by atoms with Gasteiger partial charge in [0.05, 0.1) is 0 Å². The van der Waals surface area contributed by atoms with E-state index in [0.29, 0.717) is 12.1 Å². The normalized spacial score (nSPS) is 32.5. The Kier molecular flexibility index (Phi) is 3.46. The molecule has 1 aliphatic rings. The van der Waals surface area contributed by atoms with Crippen LogP contribution in [0.2, 0.25) is 0 Å². The summed E-state index contributed by atoms with van der Waals surface area (Å²) in [6.07, 6.45) is 4.83. The van der Waals surface area contributed by atoms with Crippen molar-refractivity contribution < 1.29 is 0 Å². The van der Waals surface area contributed by atoms with Crippen LogP contribution in [0.3, 0.4) is 0 Å². The van der Waals surface area contributed by atoms with Gasteiger partial charge in [-0.25, -0.2) is 0 Å². The summed E-state index contributed by atoms with van der Waals surface area (Å²) in [7, 11) is 13.0. The molecule has 4 heteroatoms. The molecule has 0 amide bonds. The highest BCUT2D eigenvalue weighted by Crippen LogP contribution is 2.20. The van der Waals surface area contributed by atoms with Gasteiger partial charge in [0.2, 0.25) is 0 Å². The second kappa shape index (κ2) is 4.17. The Bertz CT molecular complexity index is 119. The van der Waals surface area contributed by atoms with Crippen LogP contribution in [0, 0.1) is 0 Å².